The van der Waals surface area contributed by atoms with Crippen LogP contribution >= 0.6 is 0 Å². The van der Waals surface area contributed by atoms with Crippen LogP contribution in [-0.2, 0) is 4.74 Å². The van der Waals surface area contributed by atoms with Crippen molar-refractivity contribution in [3.05, 3.63) is 35.7 Å². The van der Waals surface area contributed by atoms with Gasteiger partial charge in [0.1, 0.15) is 5.60 Å². The number of rotatable bonds is 5. The monoisotopic (exact) mass is 295 g/mol. The molecule has 1 aromatic rings. The molecule has 116 valence electrons. The van der Waals surface area contributed by atoms with Crippen molar-refractivity contribution in [3.63, 3.8) is 0 Å². The lowest BCUT2D eigenvalue weighted by atomic mass is 10.1. The molecule has 0 bridgehead atoms. The van der Waals surface area contributed by atoms with E-state index in [0.29, 0.717) is 18.5 Å². The first-order valence-corrected chi connectivity index (χ1v) is 6.79. The number of alkyl carbamates (subject to hydrolysis) is 1. The van der Waals surface area contributed by atoms with Gasteiger partial charge in [-0.15, -0.1) is 0 Å². The second-order valence-electron chi connectivity index (χ2n) is 5.48. The van der Waals surface area contributed by atoms with E-state index in [9.17, 15) is 9.18 Å². The molecule has 0 aromatic heterocycles. The van der Waals surface area contributed by atoms with E-state index in [1.807, 2.05) is 26.8 Å². The molecule has 0 aliphatic rings. The van der Waals surface area contributed by atoms with Crippen LogP contribution in [0.3, 0.4) is 0 Å². The molecule has 0 unspecified atom stereocenters. The van der Waals surface area contributed by atoms with Crippen molar-refractivity contribution in [2.75, 3.05) is 13.7 Å². The molecular weight excluding hydrogens is 273 g/mol. The average Bonchev–Trinajstić information content (AvgIpc) is 2.36. The summed E-state index contributed by atoms with van der Waals surface area (Å²) < 4.78 is 23.6. The Morgan fingerprint density at radius 1 is 1.38 bits per heavy atom. The van der Waals surface area contributed by atoms with Crippen molar-refractivity contribution < 1.29 is 18.7 Å². The molecule has 0 spiro atoms. The fourth-order valence-electron chi connectivity index (χ4n) is 1.65. The maximum atomic E-state index is 13.5. The van der Waals surface area contributed by atoms with Crippen LogP contribution in [0.5, 0.6) is 5.75 Å². The number of hydrogen-bond donors (Lipinski definition) is 1. The van der Waals surface area contributed by atoms with Crippen molar-refractivity contribution in [1.82, 2.24) is 5.32 Å². The Labute approximate surface area is 124 Å². The Morgan fingerprint density at radius 2 is 2.10 bits per heavy atom. The Morgan fingerprint density at radius 3 is 2.71 bits per heavy atom. The van der Waals surface area contributed by atoms with E-state index in [-0.39, 0.29) is 5.75 Å². The Hall–Kier alpha value is -2.04. The van der Waals surface area contributed by atoms with Crippen LogP contribution in [-0.4, -0.2) is 25.3 Å². The maximum Gasteiger partial charge on any atom is 0.407 e. The number of benzene rings is 1. The number of amides is 1. The minimum absolute atomic E-state index is 0.217. The Balaban J connectivity index is 2.43. The summed E-state index contributed by atoms with van der Waals surface area (Å²) in [5, 5.41) is 2.65. The zero-order chi connectivity index (χ0) is 15.9. The number of para-hydroxylation sites is 1. The van der Waals surface area contributed by atoms with E-state index >= 15 is 0 Å². The van der Waals surface area contributed by atoms with Crippen molar-refractivity contribution >= 4 is 12.2 Å². The van der Waals surface area contributed by atoms with Crippen LogP contribution in [0, 0.1) is 5.82 Å². The topological polar surface area (TPSA) is 47.6 Å². The maximum absolute atomic E-state index is 13.5. The number of ether oxygens (including phenoxy) is 2. The number of halogens is 1. The van der Waals surface area contributed by atoms with Crippen LogP contribution < -0.4 is 10.1 Å². The van der Waals surface area contributed by atoms with E-state index < -0.39 is 17.5 Å². The van der Waals surface area contributed by atoms with Crippen molar-refractivity contribution in [2.24, 2.45) is 0 Å². The molecule has 1 amide bonds. The first-order valence-electron chi connectivity index (χ1n) is 6.79. The molecule has 0 fully saturated rings. The van der Waals surface area contributed by atoms with Crippen LogP contribution in [0.1, 0.15) is 32.8 Å². The lowest BCUT2D eigenvalue weighted by molar-refractivity contribution is 0.0529. The van der Waals surface area contributed by atoms with Gasteiger partial charge in [0, 0.05) is 12.1 Å². The molecule has 1 N–H and O–H groups in total. The first-order chi connectivity index (χ1) is 9.83. The quantitative estimate of drug-likeness (QED) is 0.841. The summed E-state index contributed by atoms with van der Waals surface area (Å²) in [6.07, 6.45) is 3.77. The van der Waals surface area contributed by atoms with Gasteiger partial charge in [0.2, 0.25) is 0 Å². The summed E-state index contributed by atoms with van der Waals surface area (Å²) in [5.41, 5.74) is 0.157. The molecule has 0 saturated carbocycles. The minimum atomic E-state index is -0.505. The first kappa shape index (κ1) is 17.0. The zero-order valence-corrected chi connectivity index (χ0v) is 12.9. The molecule has 1 rings (SSSR count). The second kappa shape index (κ2) is 7.67. The highest BCUT2D eigenvalue weighted by Crippen LogP contribution is 2.23. The Kier molecular flexibility index (Phi) is 6.21. The molecule has 0 heterocycles. The van der Waals surface area contributed by atoms with Crippen molar-refractivity contribution in [1.29, 1.82) is 0 Å². The number of carbonyl (C=O) groups is 1. The third-order valence-electron chi connectivity index (χ3n) is 2.48. The van der Waals surface area contributed by atoms with Gasteiger partial charge < -0.3 is 14.8 Å². The van der Waals surface area contributed by atoms with Crippen LogP contribution in [0.4, 0.5) is 9.18 Å². The van der Waals surface area contributed by atoms with Gasteiger partial charge in [-0.05, 0) is 33.3 Å². The van der Waals surface area contributed by atoms with E-state index in [4.69, 9.17) is 9.47 Å². The third kappa shape index (κ3) is 6.29. The lowest BCUT2D eigenvalue weighted by Crippen LogP contribution is -2.32. The Bertz CT molecular complexity index is 507. The number of hydrogen-bond acceptors (Lipinski definition) is 3. The second-order valence-corrected chi connectivity index (χ2v) is 5.48. The molecule has 0 radical (unpaired) electrons. The summed E-state index contributed by atoms with van der Waals surface area (Å²) in [5.74, 6) is -0.180. The summed E-state index contributed by atoms with van der Waals surface area (Å²) in [4.78, 5) is 11.4. The number of methoxy groups -OCH3 is 1. The smallest absolute Gasteiger partial charge is 0.407 e. The van der Waals surface area contributed by atoms with Crippen LogP contribution in [0.15, 0.2) is 24.3 Å². The van der Waals surface area contributed by atoms with Crippen molar-refractivity contribution in [3.8, 4) is 5.75 Å². The molecule has 0 saturated heterocycles. The minimum Gasteiger partial charge on any atom is -0.493 e. The average molecular weight is 295 g/mol. The number of nitrogens with one attached hydrogen (secondary N) is 1. The van der Waals surface area contributed by atoms with E-state index in [0.717, 1.165) is 0 Å². The summed E-state index contributed by atoms with van der Waals surface area (Å²) in [7, 11) is 1.43. The predicted molar refractivity (Wildman–Crippen MR) is 80.8 cm³/mol. The van der Waals surface area contributed by atoms with Gasteiger partial charge in [0.25, 0.3) is 0 Å². The summed E-state index contributed by atoms with van der Waals surface area (Å²) in [6.45, 7) is 5.87. The third-order valence-corrected chi connectivity index (χ3v) is 2.48. The summed E-state index contributed by atoms with van der Waals surface area (Å²) >= 11 is 0. The molecule has 21 heavy (non-hydrogen) atoms. The molecule has 0 aliphatic carbocycles. The van der Waals surface area contributed by atoms with Gasteiger partial charge in [-0.1, -0.05) is 24.3 Å². The molecule has 5 heteroatoms. The van der Waals surface area contributed by atoms with Crippen molar-refractivity contribution in [2.45, 2.75) is 32.8 Å². The summed E-state index contributed by atoms with van der Waals surface area (Å²) in [6, 6.07) is 4.73. The highest BCUT2D eigenvalue weighted by molar-refractivity contribution is 5.67. The van der Waals surface area contributed by atoms with Crippen LogP contribution in [0.2, 0.25) is 0 Å². The molecule has 4 nitrogen and oxygen atoms in total. The molecular formula is C16H22FNO3. The van der Waals surface area contributed by atoms with Gasteiger partial charge in [-0.2, -0.15) is 0 Å². The standard InChI is InChI=1S/C16H22FNO3/c1-16(2,3)21-15(19)18-11-6-5-8-12-9-7-10-13(17)14(12)20-4/h5,7-10H,6,11H2,1-4H3,(H,18,19). The SMILES string of the molecule is COc1c(F)cccc1C=CCCNC(=O)OC(C)(C)C. The highest BCUT2D eigenvalue weighted by atomic mass is 19.1. The fraction of sp³-hybridized carbons (Fsp3) is 0.438. The highest BCUT2D eigenvalue weighted by Gasteiger charge is 2.15. The van der Waals surface area contributed by atoms with E-state index in [2.05, 4.69) is 5.32 Å². The molecule has 0 aliphatic heterocycles. The van der Waals surface area contributed by atoms with Gasteiger partial charge in [0.15, 0.2) is 11.6 Å². The fourth-order valence-corrected chi connectivity index (χ4v) is 1.65. The predicted octanol–water partition coefficient (Wildman–Crippen LogP) is 3.76. The lowest BCUT2D eigenvalue weighted by Gasteiger charge is -2.19. The normalized spacial score (nSPS) is 11.5. The largest absolute Gasteiger partial charge is 0.493 e. The number of carbonyl (C=O) groups excluding carboxylic acids is 1. The molecule has 1 aromatic carbocycles. The zero-order valence-electron chi connectivity index (χ0n) is 12.9. The van der Waals surface area contributed by atoms with Gasteiger partial charge in [0.05, 0.1) is 7.11 Å². The van der Waals surface area contributed by atoms with E-state index in [1.165, 1.54) is 13.2 Å². The van der Waals surface area contributed by atoms with E-state index in [1.54, 1.807) is 18.2 Å². The van der Waals surface area contributed by atoms with Gasteiger partial charge in [-0.25, -0.2) is 9.18 Å². The van der Waals surface area contributed by atoms with Crippen LogP contribution in [0.25, 0.3) is 6.08 Å². The molecule has 0 atom stereocenters. The van der Waals surface area contributed by atoms with Gasteiger partial charge in [-0.3, -0.25) is 0 Å². The van der Waals surface area contributed by atoms with Gasteiger partial charge >= 0.3 is 6.09 Å².